The van der Waals surface area contributed by atoms with Gasteiger partial charge < -0.3 is 10.6 Å². The highest BCUT2D eigenvalue weighted by Crippen LogP contribution is 2.08. The van der Waals surface area contributed by atoms with E-state index in [0.717, 1.165) is 5.56 Å². The van der Waals surface area contributed by atoms with Crippen molar-refractivity contribution in [2.45, 2.75) is 31.5 Å². The summed E-state index contributed by atoms with van der Waals surface area (Å²) in [6.45, 7) is 0.905. The highest BCUT2D eigenvalue weighted by molar-refractivity contribution is 5.76. The van der Waals surface area contributed by atoms with Crippen LogP contribution in [0.4, 0.5) is 4.39 Å². The number of hydrogen-bond acceptors (Lipinski definition) is 3. The molecule has 2 N–H and O–H groups in total. The molecule has 0 spiro atoms. The number of hydrogen-bond donors (Lipinski definition) is 2. The molecule has 0 saturated carbocycles. The van der Waals surface area contributed by atoms with E-state index in [1.165, 1.54) is 0 Å². The smallest absolute Gasteiger partial charge is 0.220 e. The molecule has 4 nitrogen and oxygen atoms in total. The summed E-state index contributed by atoms with van der Waals surface area (Å²) < 4.78 is 12.9. The van der Waals surface area contributed by atoms with Crippen LogP contribution in [0.25, 0.3) is 0 Å². The van der Waals surface area contributed by atoms with Gasteiger partial charge in [-0.15, -0.1) is 0 Å². The predicted molar refractivity (Wildman–Crippen MR) is 66.9 cm³/mol. The molecular formula is C13H18FN3O. The van der Waals surface area contributed by atoms with Crippen LogP contribution in [0.1, 0.15) is 18.4 Å². The van der Waals surface area contributed by atoms with Crippen molar-refractivity contribution >= 4 is 5.91 Å². The van der Waals surface area contributed by atoms with Crippen molar-refractivity contribution in [3.05, 3.63) is 30.1 Å². The van der Waals surface area contributed by atoms with Gasteiger partial charge in [0.15, 0.2) is 0 Å². The number of aryl methyl sites for hydroxylation is 1. The van der Waals surface area contributed by atoms with Crippen molar-refractivity contribution < 1.29 is 9.18 Å². The Hall–Kier alpha value is -1.49. The first kappa shape index (κ1) is 13.0. The van der Waals surface area contributed by atoms with Crippen LogP contribution in [-0.4, -0.2) is 36.2 Å². The van der Waals surface area contributed by atoms with E-state index in [2.05, 4.69) is 15.6 Å². The zero-order valence-electron chi connectivity index (χ0n) is 10.2. The maximum atomic E-state index is 12.9. The summed E-state index contributed by atoms with van der Waals surface area (Å²) in [7, 11) is 0. The van der Waals surface area contributed by atoms with Crippen LogP contribution < -0.4 is 10.6 Å². The van der Waals surface area contributed by atoms with Gasteiger partial charge in [-0.05, 0) is 24.5 Å². The Morgan fingerprint density at radius 2 is 2.50 bits per heavy atom. The van der Waals surface area contributed by atoms with Gasteiger partial charge >= 0.3 is 0 Å². The summed E-state index contributed by atoms with van der Waals surface area (Å²) in [4.78, 5) is 15.6. The molecule has 1 saturated heterocycles. The van der Waals surface area contributed by atoms with Gasteiger partial charge in [-0.3, -0.25) is 9.78 Å². The molecule has 1 aromatic heterocycles. The van der Waals surface area contributed by atoms with Crippen molar-refractivity contribution in [2.24, 2.45) is 0 Å². The third-order valence-electron chi connectivity index (χ3n) is 3.08. The maximum Gasteiger partial charge on any atom is 0.220 e. The number of carbonyl (C=O) groups is 1. The maximum absolute atomic E-state index is 12.9. The SMILES string of the molecule is O=C(CCc1cccnc1)NC[C@@H]1C[C@H](F)CN1. The topological polar surface area (TPSA) is 54.0 Å². The van der Waals surface area contributed by atoms with Crippen LogP contribution in [0.15, 0.2) is 24.5 Å². The molecule has 98 valence electrons. The zero-order chi connectivity index (χ0) is 12.8. The van der Waals surface area contributed by atoms with E-state index >= 15 is 0 Å². The Morgan fingerprint density at radius 1 is 1.61 bits per heavy atom. The first-order chi connectivity index (χ1) is 8.74. The van der Waals surface area contributed by atoms with E-state index in [1.54, 1.807) is 12.4 Å². The number of halogens is 1. The third-order valence-corrected chi connectivity index (χ3v) is 3.08. The number of alkyl halides is 1. The van der Waals surface area contributed by atoms with E-state index in [-0.39, 0.29) is 11.9 Å². The lowest BCUT2D eigenvalue weighted by Crippen LogP contribution is -2.37. The molecule has 2 atom stereocenters. The third kappa shape index (κ3) is 4.07. The Labute approximate surface area is 106 Å². The molecular weight excluding hydrogens is 233 g/mol. The summed E-state index contributed by atoms with van der Waals surface area (Å²) in [5.74, 6) is 0.00274. The number of nitrogens with zero attached hydrogens (tertiary/aromatic N) is 1. The number of nitrogens with one attached hydrogen (secondary N) is 2. The molecule has 1 amide bonds. The van der Waals surface area contributed by atoms with Gasteiger partial charge in [-0.2, -0.15) is 0 Å². The summed E-state index contributed by atoms with van der Waals surface area (Å²) in [6.07, 6.45) is 4.31. The number of amides is 1. The molecule has 1 fully saturated rings. The first-order valence-corrected chi connectivity index (χ1v) is 6.27. The summed E-state index contributed by atoms with van der Waals surface area (Å²) in [5.41, 5.74) is 1.05. The highest BCUT2D eigenvalue weighted by Gasteiger charge is 2.23. The van der Waals surface area contributed by atoms with E-state index in [0.29, 0.717) is 32.4 Å². The Kier molecular flexibility index (Phi) is 4.64. The minimum Gasteiger partial charge on any atom is -0.355 e. The van der Waals surface area contributed by atoms with Crippen LogP contribution in [0, 0.1) is 0 Å². The van der Waals surface area contributed by atoms with Gasteiger partial charge in [0.1, 0.15) is 6.17 Å². The Bertz CT molecular complexity index is 385. The van der Waals surface area contributed by atoms with Crippen LogP contribution in [0.3, 0.4) is 0 Å². The molecule has 5 heteroatoms. The summed E-state index contributed by atoms with van der Waals surface area (Å²) in [5, 5.41) is 5.86. The molecule has 0 aliphatic carbocycles. The van der Waals surface area contributed by atoms with Gasteiger partial charge in [-0.1, -0.05) is 6.07 Å². The molecule has 0 aromatic carbocycles. The fraction of sp³-hybridized carbons (Fsp3) is 0.538. The molecule has 18 heavy (non-hydrogen) atoms. The largest absolute Gasteiger partial charge is 0.355 e. The van der Waals surface area contributed by atoms with E-state index in [1.807, 2.05) is 12.1 Å². The average molecular weight is 251 g/mol. The monoisotopic (exact) mass is 251 g/mol. The molecule has 0 radical (unpaired) electrons. The van der Waals surface area contributed by atoms with Crippen LogP contribution in [0.5, 0.6) is 0 Å². The van der Waals surface area contributed by atoms with Crippen LogP contribution >= 0.6 is 0 Å². The quantitative estimate of drug-likeness (QED) is 0.815. The van der Waals surface area contributed by atoms with Gasteiger partial charge in [0.05, 0.1) is 0 Å². The standard InChI is InChI=1S/C13H18FN3O/c14-11-6-12(16-8-11)9-17-13(18)4-3-10-2-1-5-15-7-10/h1-2,5,7,11-12,16H,3-4,6,8-9H2,(H,17,18)/t11-,12-/m0/s1. The molecule has 1 aromatic rings. The van der Waals surface area contributed by atoms with E-state index < -0.39 is 6.17 Å². The minimum atomic E-state index is -0.776. The van der Waals surface area contributed by atoms with Crippen molar-refractivity contribution in [1.29, 1.82) is 0 Å². The van der Waals surface area contributed by atoms with Gasteiger partial charge in [0.2, 0.25) is 5.91 Å². The number of carbonyl (C=O) groups excluding carboxylic acids is 1. The lowest BCUT2D eigenvalue weighted by Gasteiger charge is -2.11. The Morgan fingerprint density at radius 3 is 3.17 bits per heavy atom. The number of aromatic nitrogens is 1. The summed E-state index contributed by atoms with van der Waals surface area (Å²) in [6, 6.07) is 3.88. The van der Waals surface area contributed by atoms with E-state index in [4.69, 9.17) is 0 Å². The van der Waals surface area contributed by atoms with Crippen LogP contribution in [-0.2, 0) is 11.2 Å². The number of pyridine rings is 1. The van der Waals surface area contributed by atoms with Crippen molar-refractivity contribution in [2.75, 3.05) is 13.1 Å². The molecule has 0 unspecified atom stereocenters. The molecule has 2 heterocycles. The lowest BCUT2D eigenvalue weighted by atomic mass is 10.1. The highest BCUT2D eigenvalue weighted by atomic mass is 19.1. The minimum absolute atomic E-state index is 0.00274. The number of rotatable bonds is 5. The van der Waals surface area contributed by atoms with Crippen molar-refractivity contribution in [3.63, 3.8) is 0 Å². The predicted octanol–water partition coefficient (Wildman–Crippen LogP) is 0.830. The fourth-order valence-corrected chi connectivity index (χ4v) is 2.05. The van der Waals surface area contributed by atoms with Gasteiger partial charge in [0.25, 0.3) is 0 Å². The van der Waals surface area contributed by atoms with Gasteiger partial charge in [-0.25, -0.2) is 4.39 Å². The van der Waals surface area contributed by atoms with Crippen molar-refractivity contribution in [3.8, 4) is 0 Å². The first-order valence-electron chi connectivity index (χ1n) is 6.27. The second kappa shape index (κ2) is 6.44. The second-order valence-electron chi connectivity index (χ2n) is 4.60. The lowest BCUT2D eigenvalue weighted by molar-refractivity contribution is -0.121. The van der Waals surface area contributed by atoms with Gasteiger partial charge in [0, 0.05) is 37.9 Å². The average Bonchev–Trinajstić information content (AvgIpc) is 2.81. The normalized spacial score (nSPS) is 22.9. The van der Waals surface area contributed by atoms with E-state index in [9.17, 15) is 9.18 Å². The molecule has 0 bridgehead atoms. The summed E-state index contributed by atoms with van der Waals surface area (Å²) >= 11 is 0. The fourth-order valence-electron chi connectivity index (χ4n) is 2.05. The zero-order valence-corrected chi connectivity index (χ0v) is 10.2. The second-order valence-corrected chi connectivity index (χ2v) is 4.60. The molecule has 2 rings (SSSR count). The molecule has 1 aliphatic rings. The Balaban J connectivity index is 1.63. The molecule has 1 aliphatic heterocycles. The van der Waals surface area contributed by atoms with Crippen molar-refractivity contribution in [1.82, 2.24) is 15.6 Å². The van der Waals surface area contributed by atoms with Crippen LogP contribution in [0.2, 0.25) is 0 Å².